The van der Waals surface area contributed by atoms with Crippen molar-refractivity contribution < 1.29 is 4.79 Å². The lowest BCUT2D eigenvalue weighted by atomic mass is 10.4. The highest BCUT2D eigenvalue weighted by Crippen LogP contribution is 2.07. The lowest BCUT2D eigenvalue weighted by molar-refractivity contribution is -0.119. The van der Waals surface area contributed by atoms with Gasteiger partial charge in [0.25, 0.3) is 0 Å². The molecule has 1 amide bonds. The van der Waals surface area contributed by atoms with Crippen LogP contribution in [0.25, 0.3) is 0 Å². The fourth-order valence-corrected chi connectivity index (χ4v) is 1.23. The monoisotopic (exact) mass is 237 g/mol. The number of nitrogens with zero attached hydrogens (tertiary/aromatic N) is 2. The zero-order valence-corrected chi connectivity index (χ0v) is 10.3. The zero-order chi connectivity index (χ0) is 12.5. The van der Waals surface area contributed by atoms with Gasteiger partial charge in [0.2, 0.25) is 5.91 Å². The Hall–Kier alpha value is -1.85. The molecule has 0 aliphatic heterocycles. The summed E-state index contributed by atoms with van der Waals surface area (Å²) in [5.41, 5.74) is 0. The number of rotatable bonds is 7. The van der Waals surface area contributed by atoms with Gasteiger partial charge in [0.05, 0.1) is 6.54 Å². The smallest absolute Gasteiger partial charge is 0.239 e. The maximum absolute atomic E-state index is 11.4. The summed E-state index contributed by atoms with van der Waals surface area (Å²) in [5, 5.41) is 8.81. The van der Waals surface area contributed by atoms with Gasteiger partial charge < -0.3 is 16.0 Å². The summed E-state index contributed by atoms with van der Waals surface area (Å²) in [6, 6.07) is 1.77. The molecule has 0 unspecified atom stereocenters. The Morgan fingerprint density at radius 3 is 2.59 bits per heavy atom. The molecule has 0 radical (unpaired) electrons. The zero-order valence-electron chi connectivity index (χ0n) is 10.3. The van der Waals surface area contributed by atoms with Gasteiger partial charge in [-0.3, -0.25) is 4.79 Å². The fraction of sp³-hybridized carbons (Fsp3) is 0.545. The van der Waals surface area contributed by atoms with Crippen molar-refractivity contribution in [3.8, 4) is 0 Å². The number of hydrogen-bond donors (Lipinski definition) is 3. The van der Waals surface area contributed by atoms with E-state index in [2.05, 4.69) is 25.9 Å². The quantitative estimate of drug-likeness (QED) is 0.655. The van der Waals surface area contributed by atoms with E-state index in [1.165, 1.54) is 6.33 Å². The molecule has 1 aromatic rings. The first-order chi connectivity index (χ1) is 8.26. The summed E-state index contributed by atoms with van der Waals surface area (Å²) < 4.78 is 0. The predicted octanol–water partition coefficient (Wildman–Crippen LogP) is 0.846. The molecule has 0 bridgehead atoms. The average molecular weight is 237 g/mol. The molecule has 0 spiro atoms. The van der Waals surface area contributed by atoms with Crippen molar-refractivity contribution >= 4 is 17.5 Å². The molecule has 0 aliphatic carbocycles. The lowest BCUT2D eigenvalue weighted by Crippen LogP contribution is -2.30. The Balaban J connectivity index is 2.40. The van der Waals surface area contributed by atoms with Gasteiger partial charge in [0.1, 0.15) is 18.0 Å². The van der Waals surface area contributed by atoms with E-state index in [0.717, 1.165) is 18.8 Å². The Morgan fingerprint density at radius 1 is 1.24 bits per heavy atom. The van der Waals surface area contributed by atoms with E-state index in [9.17, 15) is 4.79 Å². The van der Waals surface area contributed by atoms with Gasteiger partial charge in [-0.2, -0.15) is 0 Å². The first-order valence-corrected chi connectivity index (χ1v) is 5.82. The maximum Gasteiger partial charge on any atom is 0.239 e. The number of carbonyl (C=O) groups excluding carboxylic acids is 1. The van der Waals surface area contributed by atoms with Crippen LogP contribution in [0.4, 0.5) is 11.6 Å². The number of anilines is 2. The molecule has 0 atom stereocenters. The molecule has 6 heteroatoms. The molecule has 94 valence electrons. The summed E-state index contributed by atoms with van der Waals surface area (Å²) >= 11 is 0. The molecule has 6 nitrogen and oxygen atoms in total. The standard InChI is InChI=1S/C11H19N5O/c1-3-5-13-11(17)7-14-10-6-9(12-4-2)15-8-16-10/h6,8H,3-5,7H2,1-2H3,(H,13,17)(H2,12,14,15,16). The molecule has 1 rings (SSSR count). The second kappa shape index (κ2) is 7.43. The summed E-state index contributed by atoms with van der Waals surface area (Å²) in [4.78, 5) is 19.4. The van der Waals surface area contributed by atoms with Crippen LogP contribution in [-0.4, -0.2) is 35.5 Å². The van der Waals surface area contributed by atoms with Crippen molar-refractivity contribution in [2.75, 3.05) is 30.3 Å². The van der Waals surface area contributed by atoms with E-state index < -0.39 is 0 Å². The normalized spacial score (nSPS) is 9.76. The van der Waals surface area contributed by atoms with Crippen LogP contribution >= 0.6 is 0 Å². The number of nitrogens with one attached hydrogen (secondary N) is 3. The topological polar surface area (TPSA) is 78.9 Å². The highest BCUT2D eigenvalue weighted by molar-refractivity contribution is 5.80. The Morgan fingerprint density at radius 2 is 1.94 bits per heavy atom. The molecule has 1 aromatic heterocycles. The van der Waals surface area contributed by atoms with Crippen molar-refractivity contribution in [3.63, 3.8) is 0 Å². The summed E-state index contributed by atoms with van der Waals surface area (Å²) in [6.07, 6.45) is 2.40. The van der Waals surface area contributed by atoms with Crippen LogP contribution in [0.2, 0.25) is 0 Å². The Labute approximate surface area is 101 Å². The van der Waals surface area contributed by atoms with Gasteiger partial charge in [-0.1, -0.05) is 6.92 Å². The first kappa shape index (κ1) is 13.2. The molecular formula is C11H19N5O. The van der Waals surface area contributed by atoms with Gasteiger partial charge in [-0.25, -0.2) is 9.97 Å². The maximum atomic E-state index is 11.4. The predicted molar refractivity (Wildman–Crippen MR) is 68.0 cm³/mol. The van der Waals surface area contributed by atoms with E-state index in [1.54, 1.807) is 6.07 Å². The summed E-state index contributed by atoms with van der Waals surface area (Å²) in [7, 11) is 0. The minimum Gasteiger partial charge on any atom is -0.370 e. The van der Waals surface area contributed by atoms with Gasteiger partial charge in [0, 0.05) is 19.2 Å². The van der Waals surface area contributed by atoms with Crippen molar-refractivity contribution in [2.45, 2.75) is 20.3 Å². The van der Waals surface area contributed by atoms with Crippen LogP contribution in [0.1, 0.15) is 20.3 Å². The van der Waals surface area contributed by atoms with E-state index in [4.69, 9.17) is 0 Å². The molecular weight excluding hydrogens is 218 g/mol. The lowest BCUT2D eigenvalue weighted by Gasteiger charge is -2.07. The van der Waals surface area contributed by atoms with Gasteiger partial charge in [-0.15, -0.1) is 0 Å². The van der Waals surface area contributed by atoms with E-state index in [1.807, 2.05) is 13.8 Å². The van der Waals surface area contributed by atoms with Gasteiger partial charge >= 0.3 is 0 Å². The van der Waals surface area contributed by atoms with Crippen LogP contribution < -0.4 is 16.0 Å². The van der Waals surface area contributed by atoms with Crippen LogP contribution in [-0.2, 0) is 4.79 Å². The molecule has 3 N–H and O–H groups in total. The fourth-order valence-electron chi connectivity index (χ4n) is 1.23. The summed E-state index contributed by atoms with van der Waals surface area (Å²) in [5.74, 6) is 1.36. The van der Waals surface area contributed by atoms with Crippen molar-refractivity contribution in [1.29, 1.82) is 0 Å². The van der Waals surface area contributed by atoms with Crippen molar-refractivity contribution in [2.24, 2.45) is 0 Å². The summed E-state index contributed by atoms with van der Waals surface area (Å²) in [6.45, 7) is 5.73. The minimum atomic E-state index is -0.0320. The molecule has 0 aromatic carbocycles. The second-order valence-corrected chi connectivity index (χ2v) is 3.52. The third-order valence-corrected chi connectivity index (χ3v) is 2.03. The highest BCUT2D eigenvalue weighted by atomic mass is 16.1. The first-order valence-electron chi connectivity index (χ1n) is 5.82. The number of aromatic nitrogens is 2. The molecule has 1 heterocycles. The minimum absolute atomic E-state index is 0.0320. The molecule has 0 saturated carbocycles. The molecule has 0 aliphatic rings. The van der Waals surface area contributed by atoms with Crippen LogP contribution in [0.5, 0.6) is 0 Å². The largest absolute Gasteiger partial charge is 0.370 e. The molecule has 0 fully saturated rings. The molecule has 0 saturated heterocycles. The van der Waals surface area contributed by atoms with Crippen molar-refractivity contribution in [1.82, 2.24) is 15.3 Å². The third kappa shape index (κ3) is 5.14. The van der Waals surface area contributed by atoms with E-state index >= 15 is 0 Å². The van der Waals surface area contributed by atoms with Crippen molar-refractivity contribution in [3.05, 3.63) is 12.4 Å². The third-order valence-electron chi connectivity index (χ3n) is 2.03. The van der Waals surface area contributed by atoms with Crippen LogP contribution in [0, 0.1) is 0 Å². The second-order valence-electron chi connectivity index (χ2n) is 3.52. The number of amides is 1. The highest BCUT2D eigenvalue weighted by Gasteiger charge is 2.01. The van der Waals surface area contributed by atoms with Crippen LogP contribution in [0.3, 0.4) is 0 Å². The van der Waals surface area contributed by atoms with Gasteiger partial charge in [-0.05, 0) is 13.3 Å². The Kier molecular flexibility index (Phi) is 5.77. The van der Waals surface area contributed by atoms with Crippen LogP contribution in [0.15, 0.2) is 12.4 Å². The average Bonchev–Trinajstić information content (AvgIpc) is 2.35. The number of carbonyl (C=O) groups is 1. The Bertz CT molecular complexity index is 355. The SMILES string of the molecule is CCCNC(=O)CNc1cc(NCC)ncn1. The van der Waals surface area contributed by atoms with E-state index in [0.29, 0.717) is 12.4 Å². The van der Waals surface area contributed by atoms with E-state index in [-0.39, 0.29) is 12.5 Å². The molecule has 17 heavy (non-hydrogen) atoms. The number of hydrogen-bond acceptors (Lipinski definition) is 5. The van der Waals surface area contributed by atoms with Gasteiger partial charge in [0.15, 0.2) is 0 Å².